The van der Waals surface area contributed by atoms with Crippen molar-refractivity contribution in [1.29, 1.82) is 0 Å². The normalized spacial score (nSPS) is 12.7. The van der Waals surface area contributed by atoms with Gasteiger partial charge in [-0.15, -0.1) is 0 Å². The van der Waals surface area contributed by atoms with Crippen molar-refractivity contribution >= 4 is 33.2 Å². The molecule has 0 aliphatic rings. The first-order chi connectivity index (χ1) is 11.8. The highest BCUT2D eigenvalue weighted by Gasteiger charge is 2.20. The van der Waals surface area contributed by atoms with Crippen molar-refractivity contribution in [2.45, 2.75) is 18.7 Å². The predicted molar refractivity (Wildman–Crippen MR) is 100 cm³/mol. The van der Waals surface area contributed by atoms with Gasteiger partial charge in [-0.05, 0) is 42.8 Å². The van der Waals surface area contributed by atoms with E-state index in [9.17, 15) is 8.42 Å². The fourth-order valence-electron chi connectivity index (χ4n) is 2.40. The molecule has 5 nitrogen and oxygen atoms in total. The molecule has 0 saturated carbocycles. The van der Waals surface area contributed by atoms with Gasteiger partial charge in [0, 0.05) is 11.6 Å². The van der Waals surface area contributed by atoms with E-state index >= 15 is 0 Å². The Hall–Kier alpha value is -1.47. The minimum Gasteiger partial charge on any atom is -0.497 e. The second-order valence-corrected chi connectivity index (χ2v) is 8.02. The molecule has 0 bridgehead atoms. The third-order valence-electron chi connectivity index (χ3n) is 3.60. The number of ether oxygens (including phenoxy) is 2. The van der Waals surface area contributed by atoms with Crippen molar-refractivity contribution in [1.82, 2.24) is 4.72 Å². The van der Waals surface area contributed by atoms with Gasteiger partial charge in [0.05, 0.1) is 30.0 Å². The standard InChI is InChI=1S/C17H19Cl2NO4S/c1-11(14-9-13(23-2)5-7-17(14)24-3)20-25(21,22)10-12-4-6-15(18)16(19)8-12/h4-9,11,20H,10H2,1-3H3. The summed E-state index contributed by atoms with van der Waals surface area (Å²) in [4.78, 5) is 0. The molecule has 0 radical (unpaired) electrons. The third-order valence-corrected chi connectivity index (χ3v) is 5.77. The molecule has 0 heterocycles. The average Bonchev–Trinajstić information content (AvgIpc) is 2.56. The summed E-state index contributed by atoms with van der Waals surface area (Å²) in [5.74, 6) is 0.984. The van der Waals surface area contributed by atoms with E-state index in [0.29, 0.717) is 32.7 Å². The average molecular weight is 404 g/mol. The van der Waals surface area contributed by atoms with Crippen LogP contribution in [0.1, 0.15) is 24.1 Å². The first-order valence-corrected chi connectivity index (χ1v) is 9.82. The maximum atomic E-state index is 12.5. The smallest absolute Gasteiger partial charge is 0.216 e. The van der Waals surface area contributed by atoms with Crippen LogP contribution in [0.3, 0.4) is 0 Å². The molecule has 0 aliphatic carbocycles. The van der Waals surface area contributed by atoms with Crippen molar-refractivity contribution < 1.29 is 17.9 Å². The number of hydrogen-bond acceptors (Lipinski definition) is 4. The van der Waals surface area contributed by atoms with Crippen LogP contribution in [0.15, 0.2) is 36.4 Å². The van der Waals surface area contributed by atoms with Gasteiger partial charge in [-0.1, -0.05) is 29.3 Å². The second kappa shape index (κ2) is 8.27. The van der Waals surface area contributed by atoms with Crippen LogP contribution in [0.5, 0.6) is 11.5 Å². The maximum Gasteiger partial charge on any atom is 0.216 e. The molecule has 0 amide bonds. The number of halogens is 2. The lowest BCUT2D eigenvalue weighted by Gasteiger charge is -2.18. The van der Waals surface area contributed by atoms with Crippen LogP contribution in [-0.2, 0) is 15.8 Å². The zero-order chi connectivity index (χ0) is 18.6. The summed E-state index contributed by atoms with van der Waals surface area (Å²) in [6, 6.07) is 9.47. The number of rotatable bonds is 7. The number of nitrogens with one attached hydrogen (secondary N) is 1. The summed E-state index contributed by atoms with van der Waals surface area (Å²) < 4.78 is 38.1. The van der Waals surface area contributed by atoms with Gasteiger partial charge in [-0.3, -0.25) is 0 Å². The van der Waals surface area contributed by atoms with Crippen molar-refractivity contribution in [3.63, 3.8) is 0 Å². The van der Waals surface area contributed by atoms with Crippen LogP contribution in [0.25, 0.3) is 0 Å². The van der Waals surface area contributed by atoms with Crippen LogP contribution in [0.2, 0.25) is 10.0 Å². The fraction of sp³-hybridized carbons (Fsp3) is 0.294. The summed E-state index contributed by atoms with van der Waals surface area (Å²) in [6.07, 6.45) is 0. The Balaban J connectivity index is 2.20. The molecule has 1 atom stereocenters. The van der Waals surface area contributed by atoms with E-state index in [4.69, 9.17) is 32.7 Å². The molecule has 136 valence electrons. The highest BCUT2D eigenvalue weighted by molar-refractivity contribution is 7.88. The zero-order valence-electron chi connectivity index (χ0n) is 14.0. The Morgan fingerprint density at radius 1 is 1.04 bits per heavy atom. The van der Waals surface area contributed by atoms with Gasteiger partial charge in [-0.25, -0.2) is 13.1 Å². The molecular formula is C17H19Cl2NO4S. The van der Waals surface area contributed by atoms with Crippen molar-refractivity contribution in [3.8, 4) is 11.5 Å². The Bertz CT molecular complexity index is 856. The van der Waals surface area contributed by atoms with Crippen LogP contribution >= 0.6 is 23.2 Å². The molecule has 2 rings (SSSR count). The van der Waals surface area contributed by atoms with Crippen LogP contribution in [0, 0.1) is 0 Å². The Kier molecular flexibility index (Phi) is 6.57. The van der Waals surface area contributed by atoms with E-state index in [1.807, 2.05) is 0 Å². The van der Waals surface area contributed by atoms with E-state index in [1.54, 1.807) is 50.4 Å². The summed E-state index contributed by atoms with van der Waals surface area (Å²) in [6.45, 7) is 1.74. The van der Waals surface area contributed by atoms with E-state index in [-0.39, 0.29) is 5.75 Å². The van der Waals surface area contributed by atoms with Crippen LogP contribution < -0.4 is 14.2 Å². The summed E-state index contributed by atoms with van der Waals surface area (Å²) in [5.41, 5.74) is 1.23. The van der Waals surface area contributed by atoms with Crippen molar-refractivity contribution in [2.24, 2.45) is 0 Å². The largest absolute Gasteiger partial charge is 0.497 e. The molecule has 0 aliphatic heterocycles. The van der Waals surface area contributed by atoms with E-state index in [1.165, 1.54) is 7.11 Å². The van der Waals surface area contributed by atoms with Gasteiger partial charge in [0.2, 0.25) is 10.0 Å². The maximum absolute atomic E-state index is 12.5. The van der Waals surface area contributed by atoms with E-state index in [0.717, 1.165) is 0 Å². The lowest BCUT2D eigenvalue weighted by Crippen LogP contribution is -2.28. The van der Waals surface area contributed by atoms with E-state index < -0.39 is 16.1 Å². The minimum atomic E-state index is -3.60. The lowest BCUT2D eigenvalue weighted by atomic mass is 10.1. The molecule has 25 heavy (non-hydrogen) atoms. The Morgan fingerprint density at radius 3 is 2.36 bits per heavy atom. The van der Waals surface area contributed by atoms with Gasteiger partial charge < -0.3 is 9.47 Å². The first-order valence-electron chi connectivity index (χ1n) is 7.41. The first kappa shape index (κ1) is 19.8. The van der Waals surface area contributed by atoms with Crippen LogP contribution in [-0.4, -0.2) is 22.6 Å². The topological polar surface area (TPSA) is 64.6 Å². The molecule has 0 spiro atoms. The van der Waals surface area contributed by atoms with E-state index in [2.05, 4.69) is 4.72 Å². The minimum absolute atomic E-state index is 0.208. The monoisotopic (exact) mass is 403 g/mol. The summed E-state index contributed by atoms with van der Waals surface area (Å²) in [5, 5.41) is 0.696. The predicted octanol–water partition coefficient (Wildman–Crippen LogP) is 4.19. The van der Waals surface area contributed by atoms with Gasteiger partial charge in [0.25, 0.3) is 0 Å². The zero-order valence-corrected chi connectivity index (χ0v) is 16.4. The molecule has 0 aromatic heterocycles. The summed E-state index contributed by atoms with van der Waals surface area (Å²) >= 11 is 11.8. The molecule has 0 fully saturated rings. The SMILES string of the molecule is COc1ccc(OC)c(C(C)NS(=O)(=O)Cc2ccc(Cl)c(Cl)c2)c1. The van der Waals surface area contributed by atoms with Gasteiger partial charge in [-0.2, -0.15) is 0 Å². The molecule has 1 unspecified atom stereocenters. The van der Waals surface area contributed by atoms with Gasteiger partial charge >= 0.3 is 0 Å². The molecule has 2 aromatic carbocycles. The third kappa shape index (κ3) is 5.25. The number of hydrogen-bond donors (Lipinski definition) is 1. The van der Waals surface area contributed by atoms with Gasteiger partial charge in [0.15, 0.2) is 0 Å². The molecule has 8 heteroatoms. The summed E-state index contributed by atoms with van der Waals surface area (Å²) in [7, 11) is -0.528. The Morgan fingerprint density at radius 2 is 1.76 bits per heavy atom. The fourth-order valence-corrected chi connectivity index (χ4v) is 4.09. The number of benzene rings is 2. The second-order valence-electron chi connectivity index (χ2n) is 5.45. The highest BCUT2D eigenvalue weighted by atomic mass is 35.5. The molecule has 2 aromatic rings. The Labute approximate surface area is 157 Å². The van der Waals surface area contributed by atoms with Gasteiger partial charge in [0.1, 0.15) is 11.5 Å². The number of methoxy groups -OCH3 is 2. The van der Waals surface area contributed by atoms with Crippen molar-refractivity contribution in [3.05, 3.63) is 57.6 Å². The molecular weight excluding hydrogens is 385 g/mol. The highest BCUT2D eigenvalue weighted by Crippen LogP contribution is 2.30. The molecule has 0 saturated heterocycles. The lowest BCUT2D eigenvalue weighted by molar-refractivity contribution is 0.395. The van der Waals surface area contributed by atoms with Crippen molar-refractivity contribution in [2.75, 3.05) is 14.2 Å². The molecule has 1 N–H and O–H groups in total. The quantitative estimate of drug-likeness (QED) is 0.752. The number of sulfonamides is 1. The van der Waals surface area contributed by atoms with Crippen LogP contribution in [0.4, 0.5) is 0 Å².